The maximum atomic E-state index is 11.5. The van der Waals surface area contributed by atoms with Crippen molar-refractivity contribution in [2.45, 2.75) is 0 Å². The highest BCUT2D eigenvalue weighted by Crippen LogP contribution is 2.31. The summed E-state index contributed by atoms with van der Waals surface area (Å²) in [6.45, 7) is 0. The van der Waals surface area contributed by atoms with Crippen molar-refractivity contribution in [2.75, 3.05) is 5.32 Å². The number of carboxylic acid groups (broad SMARTS) is 1. The second-order valence-corrected chi connectivity index (χ2v) is 4.33. The highest BCUT2D eigenvalue weighted by Gasteiger charge is 2.19. The molecule has 0 aliphatic carbocycles. The first-order chi connectivity index (χ1) is 10.4. The zero-order chi connectivity index (χ0) is 16.3. The number of nitrogens with one attached hydrogen (secondary N) is 1. The number of nitro benzene ring substituents is 1. The van der Waals surface area contributed by atoms with Crippen LogP contribution in [0.15, 0.2) is 42.5 Å². The van der Waals surface area contributed by atoms with Crippen LogP contribution in [-0.4, -0.2) is 22.0 Å². The van der Waals surface area contributed by atoms with E-state index in [-0.39, 0.29) is 22.5 Å². The Kier molecular flexibility index (Phi) is 4.03. The van der Waals surface area contributed by atoms with Crippen molar-refractivity contribution < 1.29 is 19.6 Å². The number of carboxylic acids is 1. The van der Waals surface area contributed by atoms with Gasteiger partial charge in [-0.1, -0.05) is 24.3 Å². The van der Waals surface area contributed by atoms with Crippen LogP contribution < -0.4 is 11.1 Å². The van der Waals surface area contributed by atoms with Gasteiger partial charge in [-0.25, -0.2) is 9.59 Å². The van der Waals surface area contributed by atoms with Crippen molar-refractivity contribution in [1.29, 1.82) is 0 Å². The van der Waals surface area contributed by atoms with E-state index in [0.717, 1.165) is 0 Å². The number of nitrogens with zero attached hydrogens (tertiary/aromatic N) is 1. The van der Waals surface area contributed by atoms with Gasteiger partial charge in [-0.3, -0.25) is 10.1 Å². The first-order valence-electron chi connectivity index (χ1n) is 6.07. The number of urea groups is 1. The number of primary amides is 1. The number of carbonyl (C=O) groups excluding carboxylic acids is 1. The standard InChI is InChI=1S/C14H11N3O5/c15-14(20)16-11-6-2-5-10(12(11)13(18)19)8-3-1-4-9(7-8)17(21)22/h1-7H,(H,18,19)(H3,15,16,20). The van der Waals surface area contributed by atoms with Crippen molar-refractivity contribution in [3.63, 3.8) is 0 Å². The van der Waals surface area contributed by atoms with E-state index in [1.54, 1.807) is 6.07 Å². The monoisotopic (exact) mass is 301 g/mol. The lowest BCUT2D eigenvalue weighted by Gasteiger charge is -2.11. The molecule has 0 unspecified atom stereocenters. The Morgan fingerprint density at radius 2 is 1.86 bits per heavy atom. The fraction of sp³-hybridized carbons (Fsp3) is 0. The Bertz CT molecular complexity index is 773. The van der Waals surface area contributed by atoms with Gasteiger partial charge in [-0.05, 0) is 17.2 Å². The smallest absolute Gasteiger partial charge is 0.338 e. The average Bonchev–Trinajstić information content (AvgIpc) is 2.46. The second-order valence-electron chi connectivity index (χ2n) is 4.33. The number of hydrogen-bond donors (Lipinski definition) is 3. The molecule has 0 saturated heterocycles. The van der Waals surface area contributed by atoms with E-state index in [1.807, 2.05) is 0 Å². The first kappa shape index (κ1) is 15.0. The molecule has 112 valence electrons. The molecule has 0 bridgehead atoms. The van der Waals surface area contributed by atoms with Crippen molar-refractivity contribution in [2.24, 2.45) is 5.73 Å². The number of aromatic carboxylic acids is 1. The van der Waals surface area contributed by atoms with Gasteiger partial charge in [0.1, 0.15) is 0 Å². The summed E-state index contributed by atoms with van der Waals surface area (Å²) in [5.74, 6) is -1.29. The summed E-state index contributed by atoms with van der Waals surface area (Å²) >= 11 is 0. The van der Waals surface area contributed by atoms with E-state index >= 15 is 0 Å². The zero-order valence-corrected chi connectivity index (χ0v) is 11.1. The molecule has 2 amide bonds. The van der Waals surface area contributed by atoms with Gasteiger partial charge >= 0.3 is 12.0 Å². The number of non-ortho nitro benzene ring substituents is 1. The quantitative estimate of drug-likeness (QED) is 0.588. The van der Waals surface area contributed by atoms with Gasteiger partial charge in [0.15, 0.2) is 0 Å². The molecular weight excluding hydrogens is 290 g/mol. The van der Waals surface area contributed by atoms with Crippen molar-refractivity contribution in [3.05, 3.63) is 58.1 Å². The van der Waals surface area contributed by atoms with Gasteiger partial charge in [0, 0.05) is 12.1 Å². The molecule has 0 saturated carbocycles. The Balaban J connectivity index is 2.64. The summed E-state index contributed by atoms with van der Waals surface area (Å²) in [5, 5.41) is 22.4. The summed E-state index contributed by atoms with van der Waals surface area (Å²) in [4.78, 5) is 32.7. The molecule has 2 rings (SSSR count). The lowest BCUT2D eigenvalue weighted by atomic mass is 9.97. The van der Waals surface area contributed by atoms with E-state index in [0.29, 0.717) is 5.56 Å². The Morgan fingerprint density at radius 1 is 1.18 bits per heavy atom. The highest BCUT2D eigenvalue weighted by atomic mass is 16.6. The van der Waals surface area contributed by atoms with Crippen LogP contribution >= 0.6 is 0 Å². The molecule has 2 aromatic carbocycles. The minimum Gasteiger partial charge on any atom is -0.478 e. The van der Waals surface area contributed by atoms with E-state index in [4.69, 9.17) is 5.73 Å². The summed E-state index contributed by atoms with van der Waals surface area (Å²) in [5.41, 5.74) is 5.26. The van der Waals surface area contributed by atoms with Crippen molar-refractivity contribution >= 4 is 23.4 Å². The summed E-state index contributed by atoms with van der Waals surface area (Å²) < 4.78 is 0. The van der Waals surface area contributed by atoms with E-state index < -0.39 is 16.9 Å². The Labute approximate surface area is 124 Å². The molecule has 0 heterocycles. The number of benzene rings is 2. The summed E-state index contributed by atoms with van der Waals surface area (Å²) in [7, 11) is 0. The van der Waals surface area contributed by atoms with Gasteiger partial charge in [-0.15, -0.1) is 0 Å². The minimum absolute atomic E-state index is 0.0176. The molecule has 0 aromatic heterocycles. The van der Waals surface area contributed by atoms with Gasteiger partial charge < -0.3 is 16.2 Å². The number of carbonyl (C=O) groups is 2. The van der Waals surface area contributed by atoms with Crippen molar-refractivity contribution in [3.8, 4) is 11.1 Å². The molecule has 4 N–H and O–H groups in total. The molecule has 0 aliphatic rings. The van der Waals surface area contributed by atoms with Gasteiger partial charge in [0.2, 0.25) is 0 Å². The van der Waals surface area contributed by atoms with Crippen molar-refractivity contribution in [1.82, 2.24) is 0 Å². The fourth-order valence-electron chi connectivity index (χ4n) is 2.05. The third kappa shape index (κ3) is 3.01. The van der Waals surface area contributed by atoms with Gasteiger partial charge in [-0.2, -0.15) is 0 Å². The van der Waals surface area contributed by atoms with Gasteiger partial charge in [0.05, 0.1) is 16.2 Å². The molecule has 0 aliphatic heterocycles. The third-order valence-corrected chi connectivity index (χ3v) is 2.90. The molecule has 8 nitrogen and oxygen atoms in total. The topological polar surface area (TPSA) is 136 Å². The molecule has 0 atom stereocenters. The number of rotatable bonds is 4. The SMILES string of the molecule is NC(=O)Nc1cccc(-c2cccc([N+](=O)[O-])c2)c1C(=O)O. The Morgan fingerprint density at radius 3 is 2.45 bits per heavy atom. The fourth-order valence-corrected chi connectivity index (χ4v) is 2.05. The predicted octanol–water partition coefficient (Wildman–Crippen LogP) is 2.45. The molecule has 8 heteroatoms. The van der Waals surface area contributed by atoms with Crippen LogP contribution in [0.1, 0.15) is 10.4 Å². The van der Waals surface area contributed by atoms with Crippen LogP contribution in [-0.2, 0) is 0 Å². The maximum Gasteiger partial charge on any atom is 0.338 e. The summed E-state index contributed by atoms with van der Waals surface area (Å²) in [6, 6.07) is 9.05. The normalized spacial score (nSPS) is 10.0. The van der Waals surface area contributed by atoms with Crippen LogP contribution in [0, 0.1) is 10.1 Å². The second kappa shape index (κ2) is 5.92. The number of anilines is 1. The molecule has 22 heavy (non-hydrogen) atoms. The van der Waals surface area contributed by atoms with Crippen LogP contribution in [0.25, 0.3) is 11.1 Å². The zero-order valence-electron chi connectivity index (χ0n) is 11.1. The van der Waals surface area contributed by atoms with Crippen LogP contribution in [0.3, 0.4) is 0 Å². The first-order valence-corrected chi connectivity index (χ1v) is 6.07. The lowest BCUT2D eigenvalue weighted by molar-refractivity contribution is -0.384. The number of amides is 2. The molecule has 2 aromatic rings. The predicted molar refractivity (Wildman–Crippen MR) is 78.7 cm³/mol. The molecule has 0 radical (unpaired) electrons. The largest absolute Gasteiger partial charge is 0.478 e. The van der Waals surface area contributed by atoms with E-state index in [1.165, 1.54) is 36.4 Å². The number of nitrogens with two attached hydrogens (primary N) is 1. The third-order valence-electron chi connectivity index (χ3n) is 2.90. The molecule has 0 fully saturated rings. The lowest BCUT2D eigenvalue weighted by Crippen LogP contribution is -2.21. The van der Waals surface area contributed by atoms with E-state index in [2.05, 4.69) is 5.32 Å². The number of hydrogen-bond acceptors (Lipinski definition) is 4. The van der Waals surface area contributed by atoms with Crippen LogP contribution in [0.5, 0.6) is 0 Å². The minimum atomic E-state index is -1.29. The molecular formula is C14H11N3O5. The number of nitro groups is 1. The Hall–Kier alpha value is -3.42. The van der Waals surface area contributed by atoms with Gasteiger partial charge in [0.25, 0.3) is 5.69 Å². The van der Waals surface area contributed by atoms with Crippen LogP contribution in [0.4, 0.5) is 16.2 Å². The average molecular weight is 301 g/mol. The maximum absolute atomic E-state index is 11.5. The van der Waals surface area contributed by atoms with Crippen LogP contribution in [0.2, 0.25) is 0 Å². The highest BCUT2D eigenvalue weighted by molar-refractivity contribution is 6.05. The van der Waals surface area contributed by atoms with E-state index in [9.17, 15) is 24.8 Å². The summed E-state index contributed by atoms with van der Waals surface area (Å²) in [6.07, 6.45) is 0. The molecule has 0 spiro atoms.